The van der Waals surface area contributed by atoms with E-state index in [0.29, 0.717) is 11.4 Å². The van der Waals surface area contributed by atoms with Crippen molar-refractivity contribution in [3.05, 3.63) is 58.9 Å². The summed E-state index contributed by atoms with van der Waals surface area (Å²) < 4.78 is 14.4. The van der Waals surface area contributed by atoms with Crippen molar-refractivity contribution in [2.45, 2.75) is 6.92 Å². The summed E-state index contributed by atoms with van der Waals surface area (Å²) in [6.45, 7) is 1.91. The molecule has 0 radical (unpaired) electrons. The van der Waals surface area contributed by atoms with Gasteiger partial charge in [-0.25, -0.2) is 13.9 Å². The molecule has 0 bridgehead atoms. The summed E-state index contributed by atoms with van der Waals surface area (Å²) in [6.07, 6.45) is 1.45. The number of hydrogen-bond donors (Lipinski definition) is 1. The van der Waals surface area contributed by atoms with Crippen molar-refractivity contribution in [2.75, 3.05) is 0 Å². The molecule has 21 heavy (non-hydrogen) atoms. The fourth-order valence-corrected chi connectivity index (χ4v) is 2.96. The third kappa shape index (κ3) is 2.45. The topological polar surface area (TPSA) is 55.1 Å². The molecule has 2 aromatic heterocycles. The summed E-state index contributed by atoms with van der Waals surface area (Å²) >= 11 is 1.45. The number of thiophene rings is 1. The minimum absolute atomic E-state index is 0.130. The van der Waals surface area contributed by atoms with Crippen molar-refractivity contribution < 1.29 is 14.3 Å². The van der Waals surface area contributed by atoms with Crippen molar-refractivity contribution in [1.82, 2.24) is 9.78 Å². The van der Waals surface area contributed by atoms with Gasteiger partial charge in [-0.15, -0.1) is 11.3 Å². The Morgan fingerprint density at radius 3 is 2.57 bits per heavy atom. The zero-order valence-electron chi connectivity index (χ0n) is 11.1. The van der Waals surface area contributed by atoms with Crippen LogP contribution in [0.25, 0.3) is 16.3 Å². The molecule has 1 N–H and O–H groups in total. The molecule has 0 fully saturated rings. The number of aromatic carboxylic acids is 1. The first-order chi connectivity index (χ1) is 10.1. The van der Waals surface area contributed by atoms with Crippen molar-refractivity contribution in [1.29, 1.82) is 0 Å². The minimum Gasteiger partial charge on any atom is -0.478 e. The van der Waals surface area contributed by atoms with Gasteiger partial charge in [0, 0.05) is 6.20 Å². The van der Waals surface area contributed by atoms with E-state index in [-0.39, 0.29) is 11.4 Å². The predicted molar refractivity (Wildman–Crippen MR) is 78.5 cm³/mol. The lowest BCUT2D eigenvalue weighted by Gasteiger charge is -2.00. The molecule has 0 aliphatic rings. The Hall–Kier alpha value is -2.47. The lowest BCUT2D eigenvalue weighted by Crippen LogP contribution is -1.96. The van der Waals surface area contributed by atoms with E-state index in [2.05, 4.69) is 5.10 Å². The van der Waals surface area contributed by atoms with Crippen LogP contribution >= 0.6 is 11.3 Å². The summed E-state index contributed by atoms with van der Waals surface area (Å²) in [6, 6.07) is 7.65. The second-order valence-electron chi connectivity index (χ2n) is 4.55. The minimum atomic E-state index is -1.04. The second-order valence-corrected chi connectivity index (χ2v) is 5.47. The Balaban J connectivity index is 2.15. The highest BCUT2D eigenvalue weighted by Crippen LogP contribution is 2.31. The van der Waals surface area contributed by atoms with Crippen molar-refractivity contribution >= 4 is 17.3 Å². The average Bonchev–Trinajstić information content (AvgIpc) is 3.05. The van der Waals surface area contributed by atoms with Gasteiger partial charge in [-0.1, -0.05) is 0 Å². The Kier molecular flexibility index (Phi) is 3.31. The maximum absolute atomic E-state index is 13.0. The molecule has 4 nitrogen and oxygen atoms in total. The first-order valence-corrected chi connectivity index (χ1v) is 7.07. The van der Waals surface area contributed by atoms with Gasteiger partial charge in [0.15, 0.2) is 0 Å². The summed E-state index contributed by atoms with van der Waals surface area (Å²) in [5.74, 6) is -1.38. The van der Waals surface area contributed by atoms with Gasteiger partial charge in [-0.05, 0) is 48.2 Å². The molecule has 0 saturated heterocycles. The number of aryl methyl sites for hydroxylation is 1. The molecule has 0 saturated carbocycles. The van der Waals surface area contributed by atoms with Gasteiger partial charge in [0.25, 0.3) is 0 Å². The molecule has 3 aromatic rings. The summed E-state index contributed by atoms with van der Waals surface area (Å²) in [5, 5.41) is 15.6. The standard InChI is InChI=1S/C15H11FN2O2S/c1-9-6-7-21-14(9)13-12(15(19)20)8-18(17-13)11-4-2-10(16)3-5-11/h2-8H,1H3,(H,19,20). The molecule has 0 spiro atoms. The van der Waals surface area contributed by atoms with Crippen LogP contribution in [0, 0.1) is 12.7 Å². The van der Waals surface area contributed by atoms with Gasteiger partial charge < -0.3 is 5.11 Å². The van der Waals surface area contributed by atoms with Crippen LogP contribution in [0.5, 0.6) is 0 Å². The van der Waals surface area contributed by atoms with Crippen LogP contribution in [0.1, 0.15) is 15.9 Å². The number of benzene rings is 1. The lowest BCUT2D eigenvalue weighted by molar-refractivity contribution is 0.0697. The maximum Gasteiger partial charge on any atom is 0.339 e. The molecule has 106 valence electrons. The van der Waals surface area contributed by atoms with Crippen molar-refractivity contribution in [3.8, 4) is 16.3 Å². The van der Waals surface area contributed by atoms with Crippen LogP contribution < -0.4 is 0 Å². The number of carboxylic acids is 1. The highest BCUT2D eigenvalue weighted by Gasteiger charge is 2.20. The number of nitrogens with zero attached hydrogens (tertiary/aromatic N) is 2. The third-order valence-corrected chi connectivity index (χ3v) is 4.14. The van der Waals surface area contributed by atoms with E-state index in [9.17, 15) is 14.3 Å². The number of carboxylic acid groups (broad SMARTS) is 1. The van der Waals surface area contributed by atoms with Crippen LogP contribution in [0.2, 0.25) is 0 Å². The highest BCUT2D eigenvalue weighted by atomic mass is 32.1. The Morgan fingerprint density at radius 2 is 2.00 bits per heavy atom. The maximum atomic E-state index is 13.0. The van der Waals surface area contributed by atoms with E-state index in [4.69, 9.17) is 0 Å². The average molecular weight is 302 g/mol. The van der Waals surface area contributed by atoms with Gasteiger partial charge in [-0.3, -0.25) is 0 Å². The first-order valence-electron chi connectivity index (χ1n) is 6.19. The van der Waals surface area contributed by atoms with Gasteiger partial charge in [0.1, 0.15) is 17.1 Å². The molecule has 0 aliphatic heterocycles. The van der Waals surface area contributed by atoms with E-state index in [0.717, 1.165) is 10.4 Å². The van der Waals surface area contributed by atoms with E-state index >= 15 is 0 Å². The van der Waals surface area contributed by atoms with E-state index < -0.39 is 5.97 Å². The van der Waals surface area contributed by atoms with Crippen LogP contribution in [0.3, 0.4) is 0 Å². The molecule has 1 aromatic carbocycles. The molecule has 0 unspecified atom stereocenters. The van der Waals surface area contributed by atoms with Crippen molar-refractivity contribution in [3.63, 3.8) is 0 Å². The second kappa shape index (κ2) is 5.14. The Bertz CT molecular complexity index is 805. The predicted octanol–water partition coefficient (Wildman–Crippen LogP) is 3.75. The molecule has 0 amide bonds. The first kappa shape index (κ1) is 13.5. The van der Waals surface area contributed by atoms with Gasteiger partial charge in [0.2, 0.25) is 0 Å². The molecule has 6 heteroatoms. The SMILES string of the molecule is Cc1ccsc1-c1nn(-c2ccc(F)cc2)cc1C(=O)O. The fourth-order valence-electron chi connectivity index (χ4n) is 2.04. The Morgan fingerprint density at radius 1 is 1.29 bits per heavy atom. The fraction of sp³-hybridized carbons (Fsp3) is 0.0667. The smallest absolute Gasteiger partial charge is 0.339 e. The molecule has 0 atom stereocenters. The third-order valence-electron chi connectivity index (χ3n) is 3.11. The van der Waals surface area contributed by atoms with Crippen LogP contribution in [0.15, 0.2) is 41.9 Å². The van der Waals surface area contributed by atoms with E-state index in [1.54, 1.807) is 12.1 Å². The van der Waals surface area contributed by atoms with Gasteiger partial charge in [-0.2, -0.15) is 5.10 Å². The number of rotatable bonds is 3. The molecule has 0 aliphatic carbocycles. The number of halogens is 1. The molecular weight excluding hydrogens is 291 g/mol. The van der Waals surface area contributed by atoms with E-state index in [1.165, 1.54) is 34.3 Å². The number of hydrogen-bond acceptors (Lipinski definition) is 3. The van der Waals surface area contributed by atoms with E-state index in [1.807, 2.05) is 18.4 Å². The zero-order chi connectivity index (χ0) is 15.0. The molecule has 2 heterocycles. The quantitative estimate of drug-likeness (QED) is 0.801. The summed E-state index contributed by atoms with van der Waals surface area (Å²) in [4.78, 5) is 12.2. The normalized spacial score (nSPS) is 10.8. The summed E-state index contributed by atoms with van der Waals surface area (Å²) in [5.41, 5.74) is 2.15. The zero-order valence-corrected chi connectivity index (χ0v) is 11.9. The number of carbonyl (C=O) groups is 1. The number of aromatic nitrogens is 2. The molecule has 3 rings (SSSR count). The van der Waals surface area contributed by atoms with Crippen molar-refractivity contribution in [2.24, 2.45) is 0 Å². The van der Waals surface area contributed by atoms with Gasteiger partial charge in [0.05, 0.1) is 10.6 Å². The summed E-state index contributed by atoms with van der Waals surface area (Å²) in [7, 11) is 0. The Labute approximate surface area is 124 Å². The largest absolute Gasteiger partial charge is 0.478 e. The molecular formula is C15H11FN2O2S. The highest BCUT2D eigenvalue weighted by molar-refractivity contribution is 7.13. The van der Waals surface area contributed by atoms with Crippen LogP contribution in [-0.2, 0) is 0 Å². The van der Waals surface area contributed by atoms with Gasteiger partial charge >= 0.3 is 5.97 Å². The lowest BCUT2D eigenvalue weighted by atomic mass is 10.2. The van der Waals surface area contributed by atoms with Crippen LogP contribution in [-0.4, -0.2) is 20.9 Å². The monoisotopic (exact) mass is 302 g/mol. The van der Waals surface area contributed by atoms with Crippen LogP contribution in [0.4, 0.5) is 4.39 Å².